The van der Waals surface area contributed by atoms with E-state index in [1.807, 2.05) is 36.4 Å². The molecule has 0 unspecified atom stereocenters. The number of hydrogen-bond acceptors (Lipinski definition) is 5. The molecule has 2 saturated heterocycles. The van der Waals surface area contributed by atoms with Crippen LogP contribution in [-0.2, 0) is 25.5 Å². The Morgan fingerprint density at radius 1 is 1.12 bits per heavy atom. The molecule has 1 aliphatic carbocycles. The summed E-state index contributed by atoms with van der Waals surface area (Å²) in [5, 5.41) is 6.83. The minimum atomic E-state index is -1.21. The van der Waals surface area contributed by atoms with Crippen LogP contribution in [0.25, 0.3) is 0 Å². The number of carbonyl (C=O) groups excluding carboxylic acids is 3. The molecule has 1 saturated carbocycles. The monoisotopic (exact) mass is 577 g/mol. The smallest absolute Gasteiger partial charge is 0.246 e. The molecule has 4 aliphatic rings. The molecule has 9 heteroatoms. The molecule has 2 aromatic rings. The number of nitrogens with zero attached hydrogens (tertiary/aromatic N) is 1. The maximum atomic E-state index is 14.2. The van der Waals surface area contributed by atoms with Crippen molar-refractivity contribution in [1.29, 1.82) is 0 Å². The van der Waals surface area contributed by atoms with Crippen molar-refractivity contribution in [3.8, 4) is 5.75 Å². The molecule has 0 radical (unpaired) electrons. The number of likely N-dealkylation sites (tertiary alicyclic amines) is 1. The van der Waals surface area contributed by atoms with Gasteiger partial charge in [0.2, 0.25) is 17.7 Å². The van der Waals surface area contributed by atoms with Gasteiger partial charge in [-0.05, 0) is 48.9 Å². The van der Waals surface area contributed by atoms with Crippen LogP contribution < -0.4 is 15.4 Å². The lowest BCUT2D eigenvalue weighted by molar-refractivity contribution is -0.141. The van der Waals surface area contributed by atoms with E-state index >= 15 is 0 Å². The highest BCUT2D eigenvalue weighted by Crippen LogP contribution is 2.55. The molecule has 3 amide bonds. The number of amides is 3. The molecule has 2 aromatic carbocycles. The van der Waals surface area contributed by atoms with Crippen LogP contribution >= 0.6 is 11.6 Å². The molecule has 3 aliphatic heterocycles. The topological polar surface area (TPSA) is 97.0 Å². The molecule has 2 N–H and O–H groups in total. The van der Waals surface area contributed by atoms with Gasteiger partial charge in [0.25, 0.3) is 0 Å². The van der Waals surface area contributed by atoms with Gasteiger partial charge in [-0.2, -0.15) is 0 Å². The molecule has 3 fully saturated rings. The van der Waals surface area contributed by atoms with Crippen molar-refractivity contribution >= 4 is 35.0 Å². The molecule has 7 atom stereocenters. The first kappa shape index (κ1) is 27.8. The van der Waals surface area contributed by atoms with E-state index in [9.17, 15) is 14.4 Å². The first-order chi connectivity index (χ1) is 19.8. The predicted octanol–water partition coefficient (Wildman–Crippen LogP) is 4.38. The van der Waals surface area contributed by atoms with E-state index in [2.05, 4.69) is 17.6 Å². The first-order valence-electron chi connectivity index (χ1n) is 14.5. The van der Waals surface area contributed by atoms with Crippen LogP contribution in [0.15, 0.2) is 60.7 Å². The van der Waals surface area contributed by atoms with Gasteiger partial charge in [-0.15, -0.1) is 0 Å². The fraction of sp³-hybridized carbons (Fsp3) is 0.469. The highest BCUT2D eigenvalue weighted by Gasteiger charge is 2.72. The van der Waals surface area contributed by atoms with Crippen molar-refractivity contribution in [3.05, 3.63) is 71.3 Å². The van der Waals surface area contributed by atoms with E-state index in [1.54, 1.807) is 36.3 Å². The third-order valence-corrected chi connectivity index (χ3v) is 9.65. The molecule has 216 valence electrons. The summed E-state index contributed by atoms with van der Waals surface area (Å²) in [5.41, 5.74) is 0.252. The number of ether oxygens (including phenoxy) is 2. The molecular formula is C32H36ClN3O5. The Morgan fingerprint density at radius 2 is 1.93 bits per heavy atom. The second-order valence-corrected chi connectivity index (χ2v) is 12.1. The van der Waals surface area contributed by atoms with Crippen molar-refractivity contribution < 1.29 is 23.9 Å². The number of anilines is 1. The highest BCUT2D eigenvalue weighted by atomic mass is 35.5. The zero-order valence-corrected chi connectivity index (χ0v) is 24.1. The standard InChI is InChI=1S/C32H36ClN3O5/c1-19-8-3-6-13-24(19)35-30(38)28-32-16-14-25(41-32)26(29(37)34-21-10-7-11-22(18-21)40-2)27(32)31(39)36(28)17-15-20-9-4-5-12-23(20)33/h4-5,7,9-12,14,16,18-19,24-28H,3,6,8,13,15,17H2,1-2H3,(H,34,37)(H,35,38)/t19-,24-,25+,26-,27+,28+,32+/m0/s1. The van der Waals surface area contributed by atoms with Gasteiger partial charge in [-0.1, -0.05) is 67.8 Å². The Hall–Kier alpha value is -3.36. The number of nitrogens with one attached hydrogen (secondary N) is 2. The van der Waals surface area contributed by atoms with Gasteiger partial charge >= 0.3 is 0 Å². The van der Waals surface area contributed by atoms with Gasteiger partial charge in [0, 0.05) is 29.4 Å². The summed E-state index contributed by atoms with van der Waals surface area (Å²) < 4.78 is 11.8. The SMILES string of the molecule is COc1cccc(NC(=O)[C@H]2[C@H]3C=C[C@@]4(O3)[C@H]2C(=O)N(CCc2ccccc2Cl)[C@@H]4C(=O)N[C@H]2CCCC[C@@H]2C)c1. The molecule has 3 heterocycles. The third kappa shape index (κ3) is 4.91. The Balaban J connectivity index is 1.30. The first-order valence-corrected chi connectivity index (χ1v) is 14.9. The fourth-order valence-electron chi connectivity index (χ4n) is 7.17. The minimum absolute atomic E-state index is 0.0435. The Kier molecular flexibility index (Phi) is 7.55. The lowest BCUT2D eigenvalue weighted by Crippen LogP contribution is -2.57. The second kappa shape index (κ2) is 11.1. The van der Waals surface area contributed by atoms with Crippen LogP contribution in [0.5, 0.6) is 5.75 Å². The summed E-state index contributed by atoms with van der Waals surface area (Å²) >= 11 is 6.43. The van der Waals surface area contributed by atoms with E-state index in [-0.39, 0.29) is 30.3 Å². The summed E-state index contributed by atoms with van der Waals surface area (Å²) in [6.07, 6.45) is 7.75. The van der Waals surface area contributed by atoms with Crippen LogP contribution in [0.1, 0.15) is 38.2 Å². The van der Waals surface area contributed by atoms with Gasteiger partial charge in [0.1, 0.15) is 17.4 Å². The number of benzene rings is 2. The summed E-state index contributed by atoms with van der Waals surface area (Å²) in [5.74, 6) is -1.40. The molecule has 41 heavy (non-hydrogen) atoms. The molecule has 6 rings (SSSR count). The fourth-order valence-corrected chi connectivity index (χ4v) is 7.40. The van der Waals surface area contributed by atoms with Gasteiger partial charge in [-0.25, -0.2) is 0 Å². The summed E-state index contributed by atoms with van der Waals surface area (Å²) in [7, 11) is 1.56. The van der Waals surface area contributed by atoms with Gasteiger partial charge in [-0.3, -0.25) is 14.4 Å². The van der Waals surface area contributed by atoms with Crippen molar-refractivity contribution in [2.24, 2.45) is 17.8 Å². The van der Waals surface area contributed by atoms with E-state index in [0.717, 1.165) is 31.2 Å². The quantitative estimate of drug-likeness (QED) is 0.454. The molecule has 2 bridgehead atoms. The second-order valence-electron chi connectivity index (χ2n) is 11.7. The zero-order chi connectivity index (χ0) is 28.7. The van der Waals surface area contributed by atoms with E-state index in [4.69, 9.17) is 21.1 Å². The Labute approximate surface area is 245 Å². The lowest BCUT2D eigenvalue weighted by Gasteiger charge is -2.36. The predicted molar refractivity (Wildman–Crippen MR) is 156 cm³/mol. The minimum Gasteiger partial charge on any atom is -0.497 e. The van der Waals surface area contributed by atoms with Crippen LogP contribution in [0, 0.1) is 17.8 Å². The number of rotatable bonds is 8. The average Bonchev–Trinajstić information content (AvgIpc) is 3.61. The Morgan fingerprint density at radius 3 is 2.71 bits per heavy atom. The lowest BCUT2D eigenvalue weighted by atomic mass is 9.74. The Bertz CT molecular complexity index is 1380. The molecule has 8 nitrogen and oxygen atoms in total. The zero-order valence-electron chi connectivity index (χ0n) is 23.3. The highest BCUT2D eigenvalue weighted by molar-refractivity contribution is 6.31. The van der Waals surface area contributed by atoms with Gasteiger partial charge in [0.15, 0.2) is 0 Å². The van der Waals surface area contributed by atoms with Crippen LogP contribution in [0.2, 0.25) is 5.02 Å². The number of carbonyl (C=O) groups is 3. The van der Waals surface area contributed by atoms with Crippen molar-refractivity contribution in [3.63, 3.8) is 0 Å². The van der Waals surface area contributed by atoms with E-state index in [0.29, 0.717) is 28.8 Å². The van der Waals surface area contributed by atoms with Crippen LogP contribution in [0.4, 0.5) is 5.69 Å². The number of halogens is 1. The number of methoxy groups -OCH3 is 1. The summed E-state index contributed by atoms with van der Waals surface area (Å²) in [6, 6.07) is 13.7. The van der Waals surface area contributed by atoms with Crippen molar-refractivity contribution in [2.75, 3.05) is 19.0 Å². The van der Waals surface area contributed by atoms with Crippen molar-refractivity contribution in [1.82, 2.24) is 10.2 Å². The largest absolute Gasteiger partial charge is 0.497 e. The molecular weight excluding hydrogens is 542 g/mol. The van der Waals surface area contributed by atoms with Crippen molar-refractivity contribution in [2.45, 2.75) is 62.8 Å². The number of fused-ring (bicyclic) bond motifs is 1. The van der Waals surface area contributed by atoms with Gasteiger partial charge < -0.3 is 25.0 Å². The van der Waals surface area contributed by atoms with E-state index in [1.165, 1.54) is 0 Å². The third-order valence-electron chi connectivity index (χ3n) is 9.28. The number of hydrogen-bond donors (Lipinski definition) is 2. The maximum absolute atomic E-state index is 14.2. The van der Waals surface area contributed by atoms with Crippen LogP contribution in [-0.4, -0.2) is 60.1 Å². The molecule has 0 aromatic heterocycles. The van der Waals surface area contributed by atoms with E-state index < -0.39 is 29.6 Å². The summed E-state index contributed by atoms with van der Waals surface area (Å²) in [6.45, 7) is 2.45. The van der Waals surface area contributed by atoms with Gasteiger partial charge in [0.05, 0.1) is 25.0 Å². The summed E-state index contributed by atoms with van der Waals surface area (Å²) in [4.78, 5) is 43.6. The molecule has 1 spiro atoms. The average molecular weight is 578 g/mol. The van der Waals surface area contributed by atoms with Crippen LogP contribution in [0.3, 0.4) is 0 Å². The maximum Gasteiger partial charge on any atom is 0.246 e. The normalized spacial score (nSPS) is 31.7.